The first-order valence-corrected chi connectivity index (χ1v) is 7.55. The quantitative estimate of drug-likeness (QED) is 0.762. The van der Waals surface area contributed by atoms with Crippen molar-refractivity contribution in [2.45, 2.75) is 25.4 Å². The molecule has 7 nitrogen and oxygen atoms in total. The second kappa shape index (κ2) is 6.89. The highest BCUT2D eigenvalue weighted by Crippen LogP contribution is 2.22. The molecule has 1 aromatic rings. The minimum absolute atomic E-state index is 0.0231. The number of carbonyl (C=O) groups excluding carboxylic acids is 3. The largest absolute Gasteiger partial charge is 0.381 e. The fraction of sp³-hybridized carbons (Fsp3) is 0.438. The highest BCUT2D eigenvalue weighted by Gasteiger charge is 2.38. The molecule has 23 heavy (non-hydrogen) atoms. The Bertz CT molecular complexity index is 588. The van der Waals surface area contributed by atoms with Crippen molar-refractivity contribution < 1.29 is 28.7 Å². The minimum Gasteiger partial charge on any atom is -0.381 e. The lowest BCUT2D eigenvalue weighted by atomic mass is 10.1. The van der Waals surface area contributed by atoms with E-state index < -0.39 is 17.8 Å². The van der Waals surface area contributed by atoms with E-state index in [1.807, 2.05) is 0 Å². The molecule has 7 heteroatoms. The maximum atomic E-state index is 12.0. The van der Waals surface area contributed by atoms with E-state index in [0.717, 1.165) is 12.8 Å². The smallest absolute Gasteiger partial charge is 0.335 e. The molecule has 0 atom stereocenters. The number of nitrogens with zero attached hydrogens (tertiary/aromatic N) is 1. The van der Waals surface area contributed by atoms with Crippen LogP contribution >= 0.6 is 0 Å². The van der Waals surface area contributed by atoms with Gasteiger partial charge in [-0.25, -0.2) is 4.79 Å². The molecule has 2 aliphatic heterocycles. The molecular weight excluding hydrogens is 302 g/mol. The van der Waals surface area contributed by atoms with E-state index >= 15 is 0 Å². The molecule has 122 valence electrons. The van der Waals surface area contributed by atoms with Crippen LogP contribution in [0, 0.1) is 0 Å². The summed E-state index contributed by atoms with van der Waals surface area (Å²) >= 11 is 0. The van der Waals surface area contributed by atoms with Crippen LogP contribution in [-0.4, -0.2) is 48.8 Å². The Labute approximate surface area is 133 Å². The molecule has 0 spiro atoms. The van der Waals surface area contributed by atoms with E-state index in [2.05, 4.69) is 0 Å². The van der Waals surface area contributed by atoms with Crippen LogP contribution in [0.25, 0.3) is 0 Å². The Hall–Kier alpha value is -2.25. The van der Waals surface area contributed by atoms with Gasteiger partial charge in [-0.1, -0.05) is 17.2 Å². The molecule has 2 amide bonds. The first kappa shape index (κ1) is 15.6. The Morgan fingerprint density at radius 2 is 1.74 bits per heavy atom. The Kier molecular flexibility index (Phi) is 4.68. The van der Waals surface area contributed by atoms with Gasteiger partial charge in [0.25, 0.3) is 11.8 Å². The van der Waals surface area contributed by atoms with Crippen molar-refractivity contribution in [2.24, 2.45) is 0 Å². The Balaban J connectivity index is 1.49. The third-order valence-corrected chi connectivity index (χ3v) is 3.78. The number of ether oxygens (including phenoxy) is 2. The summed E-state index contributed by atoms with van der Waals surface area (Å²) in [4.78, 5) is 40.8. The van der Waals surface area contributed by atoms with E-state index in [1.54, 1.807) is 12.1 Å². The average molecular weight is 319 g/mol. The lowest BCUT2D eigenvalue weighted by Crippen LogP contribution is -2.33. The van der Waals surface area contributed by atoms with Gasteiger partial charge in [0.2, 0.25) is 0 Å². The highest BCUT2D eigenvalue weighted by atomic mass is 16.7. The summed E-state index contributed by atoms with van der Waals surface area (Å²) in [5.74, 6) is -1.92. The lowest BCUT2D eigenvalue weighted by molar-refractivity contribution is -0.170. The molecule has 2 heterocycles. The van der Waals surface area contributed by atoms with Gasteiger partial charge in [-0.05, 0) is 25.0 Å². The number of hydrogen-bond acceptors (Lipinski definition) is 6. The molecule has 0 N–H and O–H groups in total. The second-order valence-corrected chi connectivity index (χ2v) is 5.35. The van der Waals surface area contributed by atoms with Crippen molar-refractivity contribution in [1.29, 1.82) is 0 Å². The van der Waals surface area contributed by atoms with Gasteiger partial charge in [-0.15, -0.1) is 0 Å². The molecular formula is C16H17NO6. The van der Waals surface area contributed by atoms with Gasteiger partial charge in [0, 0.05) is 13.2 Å². The van der Waals surface area contributed by atoms with Crippen molar-refractivity contribution in [3.63, 3.8) is 0 Å². The average Bonchev–Trinajstić information content (AvgIpc) is 2.81. The van der Waals surface area contributed by atoms with Gasteiger partial charge in [0.15, 0.2) is 0 Å². The van der Waals surface area contributed by atoms with Crippen LogP contribution in [-0.2, 0) is 19.1 Å². The number of hydrogen-bond donors (Lipinski definition) is 0. The normalized spacial score (nSPS) is 18.2. The Morgan fingerprint density at radius 1 is 1.13 bits per heavy atom. The van der Waals surface area contributed by atoms with Crippen molar-refractivity contribution in [2.75, 3.05) is 19.8 Å². The monoisotopic (exact) mass is 319 g/mol. The van der Waals surface area contributed by atoms with Crippen LogP contribution in [0.1, 0.15) is 40.0 Å². The maximum absolute atomic E-state index is 12.0. The number of carbonyl (C=O) groups is 3. The van der Waals surface area contributed by atoms with Crippen molar-refractivity contribution >= 4 is 17.8 Å². The number of amides is 2. The summed E-state index contributed by atoms with van der Waals surface area (Å²) in [7, 11) is 0. The molecule has 0 bridgehead atoms. The van der Waals surface area contributed by atoms with Gasteiger partial charge in [0.1, 0.15) is 0 Å². The highest BCUT2D eigenvalue weighted by molar-refractivity contribution is 6.20. The van der Waals surface area contributed by atoms with E-state index in [-0.39, 0.29) is 30.3 Å². The van der Waals surface area contributed by atoms with Gasteiger partial charge >= 0.3 is 5.97 Å². The zero-order chi connectivity index (χ0) is 16.2. The molecule has 0 aliphatic carbocycles. The van der Waals surface area contributed by atoms with Crippen molar-refractivity contribution in [3.05, 3.63) is 35.4 Å². The third-order valence-electron chi connectivity index (χ3n) is 3.78. The summed E-state index contributed by atoms with van der Waals surface area (Å²) in [6.45, 7) is 1.50. The third kappa shape index (κ3) is 3.40. The zero-order valence-corrected chi connectivity index (χ0v) is 12.5. The van der Waals surface area contributed by atoms with Crippen molar-refractivity contribution in [3.8, 4) is 0 Å². The Morgan fingerprint density at radius 3 is 2.35 bits per heavy atom. The maximum Gasteiger partial charge on any atom is 0.335 e. The summed E-state index contributed by atoms with van der Waals surface area (Å²) in [5.41, 5.74) is 0.479. The molecule has 1 fully saturated rings. The zero-order valence-electron chi connectivity index (χ0n) is 12.5. The van der Waals surface area contributed by atoms with E-state index in [0.29, 0.717) is 18.3 Å². The molecule has 0 aromatic heterocycles. The standard InChI is InChI=1S/C16H17NO6/c18-14(7-10-22-11-5-8-21-9-6-11)23-17-15(19)12-3-1-2-4-13(12)16(17)20/h1-4,11H,5-10H2. The van der Waals surface area contributed by atoms with Crippen LogP contribution in [0.15, 0.2) is 24.3 Å². The van der Waals surface area contributed by atoms with Crippen molar-refractivity contribution in [1.82, 2.24) is 5.06 Å². The first-order valence-electron chi connectivity index (χ1n) is 7.55. The predicted octanol–water partition coefficient (Wildman–Crippen LogP) is 1.33. The molecule has 1 aromatic carbocycles. The SMILES string of the molecule is O=C(CCOC1CCOCC1)ON1C(=O)c2ccccc2C1=O. The fourth-order valence-electron chi connectivity index (χ4n) is 2.55. The summed E-state index contributed by atoms with van der Waals surface area (Å²) < 4.78 is 10.8. The van der Waals surface area contributed by atoms with Gasteiger partial charge < -0.3 is 14.3 Å². The molecule has 0 unspecified atom stereocenters. The molecule has 0 radical (unpaired) electrons. The van der Waals surface area contributed by atoms with Crippen LogP contribution < -0.4 is 0 Å². The van der Waals surface area contributed by atoms with E-state index in [9.17, 15) is 14.4 Å². The summed E-state index contributed by atoms with van der Waals surface area (Å²) in [5, 5.41) is 0.515. The van der Waals surface area contributed by atoms with E-state index in [1.165, 1.54) is 12.1 Å². The number of rotatable bonds is 5. The van der Waals surface area contributed by atoms with E-state index in [4.69, 9.17) is 14.3 Å². The number of fused-ring (bicyclic) bond motifs is 1. The molecule has 0 saturated carbocycles. The molecule has 3 rings (SSSR count). The number of benzene rings is 1. The summed E-state index contributed by atoms with van der Waals surface area (Å²) in [6.07, 6.45) is 1.65. The van der Waals surface area contributed by atoms with Gasteiger partial charge in [-0.2, -0.15) is 0 Å². The van der Waals surface area contributed by atoms with Crippen LogP contribution in [0.4, 0.5) is 0 Å². The summed E-state index contributed by atoms with van der Waals surface area (Å²) in [6, 6.07) is 6.35. The number of imide groups is 1. The van der Waals surface area contributed by atoms with Crippen LogP contribution in [0.3, 0.4) is 0 Å². The predicted molar refractivity (Wildman–Crippen MR) is 77.4 cm³/mol. The first-order chi connectivity index (χ1) is 11.2. The second-order valence-electron chi connectivity index (χ2n) is 5.35. The van der Waals surface area contributed by atoms with Gasteiger partial charge in [-0.3, -0.25) is 9.59 Å². The lowest BCUT2D eigenvalue weighted by Gasteiger charge is -2.22. The van der Waals surface area contributed by atoms with Crippen LogP contribution in [0.5, 0.6) is 0 Å². The van der Waals surface area contributed by atoms with Crippen LogP contribution in [0.2, 0.25) is 0 Å². The fourth-order valence-corrected chi connectivity index (χ4v) is 2.55. The van der Waals surface area contributed by atoms with Gasteiger partial charge in [0.05, 0.1) is 30.3 Å². The molecule has 2 aliphatic rings. The molecule has 1 saturated heterocycles. The topological polar surface area (TPSA) is 82.1 Å². The number of hydroxylamine groups is 2. The minimum atomic E-state index is -0.674.